The molecule has 94 valence electrons. The molecule has 0 heterocycles. The van der Waals surface area contributed by atoms with Crippen LogP contribution in [0.15, 0.2) is 0 Å². The fourth-order valence-corrected chi connectivity index (χ4v) is 1.37. The fourth-order valence-electron chi connectivity index (χ4n) is 0.614. The van der Waals surface area contributed by atoms with E-state index in [1.807, 2.05) is 5.32 Å². The molecule has 0 atom stereocenters. The lowest BCUT2D eigenvalue weighted by molar-refractivity contribution is -0.137. The Labute approximate surface area is 94.3 Å². The number of sulfonamides is 1. The van der Waals surface area contributed by atoms with Crippen molar-refractivity contribution in [2.24, 2.45) is 0 Å². The number of carboxylic acids is 1. The Hall–Kier alpha value is -1.15. The summed E-state index contributed by atoms with van der Waals surface area (Å²) < 4.78 is 24.1. The van der Waals surface area contributed by atoms with Crippen LogP contribution < -0.4 is 10.0 Å². The molecule has 8 heteroatoms. The Balaban J connectivity index is 4.17. The molecule has 0 fully saturated rings. The maximum absolute atomic E-state index is 11.5. The number of nitrogens with one attached hydrogen (secondary N) is 2. The Kier molecular flexibility index (Phi) is 4.88. The summed E-state index contributed by atoms with van der Waals surface area (Å²) in [5.41, 5.74) is 0. The number of amides is 1. The lowest BCUT2D eigenvalue weighted by Gasteiger charge is -2.19. The molecular formula is C8H16N2O5S. The summed E-state index contributed by atoms with van der Waals surface area (Å²) in [7, 11) is -3.59. The molecule has 3 N–H and O–H groups in total. The van der Waals surface area contributed by atoms with Crippen molar-refractivity contribution in [1.29, 1.82) is 0 Å². The number of hydrogen-bond donors (Lipinski definition) is 3. The molecule has 0 spiro atoms. The van der Waals surface area contributed by atoms with Crippen molar-refractivity contribution in [1.82, 2.24) is 10.0 Å². The van der Waals surface area contributed by atoms with E-state index in [0.717, 1.165) is 0 Å². The van der Waals surface area contributed by atoms with Crippen molar-refractivity contribution < 1.29 is 23.1 Å². The lowest BCUT2D eigenvalue weighted by Crippen LogP contribution is -2.44. The minimum absolute atomic E-state index is 0.465. The van der Waals surface area contributed by atoms with Crippen LogP contribution in [-0.2, 0) is 19.6 Å². The first-order valence-corrected chi connectivity index (χ1v) is 6.02. The van der Waals surface area contributed by atoms with Gasteiger partial charge in [-0.1, -0.05) is 0 Å². The van der Waals surface area contributed by atoms with Crippen molar-refractivity contribution in [3.63, 3.8) is 0 Å². The fraction of sp³-hybridized carbons (Fsp3) is 0.750. The van der Waals surface area contributed by atoms with Crippen LogP contribution in [0.4, 0.5) is 0 Å². The highest BCUT2D eigenvalue weighted by atomic mass is 32.2. The van der Waals surface area contributed by atoms with Crippen LogP contribution in [0.3, 0.4) is 0 Å². The van der Waals surface area contributed by atoms with E-state index in [4.69, 9.17) is 5.11 Å². The predicted molar refractivity (Wildman–Crippen MR) is 57.3 cm³/mol. The second-order valence-corrected chi connectivity index (χ2v) is 6.63. The molecule has 1 amide bonds. The Morgan fingerprint density at radius 2 is 1.69 bits per heavy atom. The van der Waals surface area contributed by atoms with Crippen molar-refractivity contribution >= 4 is 21.9 Å². The number of carbonyl (C=O) groups excluding carboxylic acids is 1. The van der Waals surface area contributed by atoms with Gasteiger partial charge in [0.25, 0.3) is 0 Å². The van der Waals surface area contributed by atoms with Gasteiger partial charge in [0.1, 0.15) is 6.54 Å². The third kappa shape index (κ3) is 5.08. The van der Waals surface area contributed by atoms with Crippen molar-refractivity contribution in [2.45, 2.75) is 25.5 Å². The summed E-state index contributed by atoms with van der Waals surface area (Å²) in [5.74, 6) is -1.87. The maximum atomic E-state index is 11.5. The summed E-state index contributed by atoms with van der Waals surface area (Å²) in [5, 5.41) is 10.3. The number of aliphatic carboxylic acids is 1. The smallest absolute Gasteiger partial charge is 0.322 e. The molecule has 0 aliphatic heterocycles. The predicted octanol–water partition coefficient (Wildman–Crippen LogP) is -1.09. The average Bonchev–Trinajstić information content (AvgIpc) is 2.09. The second kappa shape index (κ2) is 5.26. The van der Waals surface area contributed by atoms with Crippen LogP contribution in [0, 0.1) is 0 Å². The van der Waals surface area contributed by atoms with Crippen LogP contribution >= 0.6 is 0 Å². The largest absolute Gasteiger partial charge is 0.480 e. The van der Waals surface area contributed by atoms with Gasteiger partial charge in [-0.15, -0.1) is 0 Å². The summed E-state index contributed by atoms with van der Waals surface area (Å²) in [6, 6.07) is 0. The van der Waals surface area contributed by atoms with Gasteiger partial charge in [-0.3, -0.25) is 9.59 Å². The summed E-state index contributed by atoms with van der Waals surface area (Å²) in [4.78, 5) is 21.1. The van der Waals surface area contributed by atoms with Gasteiger partial charge in [0.2, 0.25) is 15.9 Å². The van der Waals surface area contributed by atoms with Crippen LogP contribution in [0.25, 0.3) is 0 Å². The molecule has 0 aliphatic rings. The summed E-state index contributed by atoms with van der Waals surface area (Å²) in [6.45, 7) is 3.47. The van der Waals surface area contributed by atoms with Crippen LogP contribution in [0.1, 0.15) is 20.8 Å². The van der Waals surface area contributed by atoms with E-state index >= 15 is 0 Å². The van der Waals surface area contributed by atoms with Crippen molar-refractivity contribution in [3.05, 3.63) is 0 Å². The van der Waals surface area contributed by atoms with Crippen molar-refractivity contribution in [3.8, 4) is 0 Å². The van der Waals surface area contributed by atoms with E-state index in [1.165, 1.54) is 20.8 Å². The molecule has 0 aliphatic carbocycles. The summed E-state index contributed by atoms with van der Waals surface area (Å²) >= 11 is 0. The summed E-state index contributed by atoms with van der Waals surface area (Å²) in [6.07, 6.45) is 0. The molecule has 16 heavy (non-hydrogen) atoms. The van der Waals surface area contributed by atoms with Crippen molar-refractivity contribution in [2.75, 3.05) is 13.1 Å². The molecule has 0 unspecified atom stereocenters. The standard InChI is InChI=1S/C8H16N2O5S/c1-8(2,3)16(14,15)10-4-6(11)9-5-7(12)13/h10H,4-5H2,1-3H3,(H,9,11)(H,12,13). The Morgan fingerprint density at radius 1 is 1.19 bits per heavy atom. The third-order valence-electron chi connectivity index (χ3n) is 1.67. The number of hydrogen-bond acceptors (Lipinski definition) is 4. The average molecular weight is 252 g/mol. The molecular weight excluding hydrogens is 236 g/mol. The molecule has 0 saturated heterocycles. The first-order valence-electron chi connectivity index (χ1n) is 4.54. The normalized spacial score (nSPS) is 12.2. The van der Waals surface area contributed by atoms with E-state index in [2.05, 4.69) is 4.72 Å². The highest BCUT2D eigenvalue weighted by Gasteiger charge is 2.28. The van der Waals surface area contributed by atoms with Gasteiger partial charge >= 0.3 is 5.97 Å². The zero-order valence-corrected chi connectivity index (χ0v) is 10.2. The molecule has 0 rings (SSSR count). The van der Waals surface area contributed by atoms with Gasteiger partial charge in [0.05, 0.1) is 11.3 Å². The maximum Gasteiger partial charge on any atom is 0.322 e. The molecule has 0 saturated carbocycles. The minimum Gasteiger partial charge on any atom is -0.480 e. The minimum atomic E-state index is -3.59. The van der Waals surface area contributed by atoms with Gasteiger partial charge in [0, 0.05) is 0 Å². The molecule has 0 aromatic rings. The van der Waals surface area contributed by atoms with E-state index in [0.29, 0.717) is 0 Å². The van der Waals surface area contributed by atoms with Crippen LogP contribution in [0.5, 0.6) is 0 Å². The molecule has 0 radical (unpaired) electrons. The van der Waals surface area contributed by atoms with Gasteiger partial charge in [0.15, 0.2) is 0 Å². The zero-order chi connectivity index (χ0) is 13.0. The van der Waals surface area contributed by atoms with Gasteiger partial charge < -0.3 is 10.4 Å². The van der Waals surface area contributed by atoms with E-state index in [-0.39, 0.29) is 0 Å². The Morgan fingerprint density at radius 3 is 2.06 bits per heavy atom. The van der Waals surface area contributed by atoms with Crippen LogP contribution in [-0.4, -0.2) is 43.2 Å². The number of carboxylic acid groups (broad SMARTS) is 1. The molecule has 0 aromatic heterocycles. The Bertz CT molecular complexity index is 368. The van der Waals surface area contributed by atoms with Gasteiger partial charge in [-0.05, 0) is 20.8 Å². The highest BCUT2D eigenvalue weighted by molar-refractivity contribution is 7.90. The third-order valence-corrected chi connectivity index (χ3v) is 3.80. The topological polar surface area (TPSA) is 113 Å². The monoisotopic (exact) mass is 252 g/mol. The molecule has 0 bridgehead atoms. The highest BCUT2D eigenvalue weighted by Crippen LogP contribution is 2.12. The first-order chi connectivity index (χ1) is 7.06. The zero-order valence-electron chi connectivity index (χ0n) is 9.40. The lowest BCUT2D eigenvalue weighted by atomic mass is 10.3. The number of carbonyl (C=O) groups is 2. The van der Waals surface area contributed by atoms with E-state index in [1.54, 1.807) is 0 Å². The van der Waals surface area contributed by atoms with Gasteiger partial charge in [-0.2, -0.15) is 0 Å². The quantitative estimate of drug-likeness (QED) is 0.575. The molecule has 7 nitrogen and oxygen atoms in total. The van der Waals surface area contributed by atoms with Crippen LogP contribution in [0.2, 0.25) is 0 Å². The van der Waals surface area contributed by atoms with Gasteiger partial charge in [-0.25, -0.2) is 13.1 Å². The SMILES string of the molecule is CC(C)(C)S(=O)(=O)NCC(=O)NCC(=O)O. The van der Waals surface area contributed by atoms with E-state index in [9.17, 15) is 18.0 Å². The molecule has 0 aromatic carbocycles. The van der Waals surface area contributed by atoms with E-state index < -0.39 is 39.7 Å². The first kappa shape index (κ1) is 14.8. The number of rotatable bonds is 5. The second-order valence-electron chi connectivity index (χ2n) is 4.11.